The Kier molecular flexibility index (Phi) is 12.1. The van der Waals surface area contributed by atoms with Crippen LogP contribution in [0.3, 0.4) is 0 Å². The number of aromatic nitrogens is 1. The predicted octanol–water partition coefficient (Wildman–Crippen LogP) is 1.78. The number of carbonyl (C=O) groups excluding carboxylic acids is 2. The van der Waals surface area contributed by atoms with Crippen molar-refractivity contribution < 1.29 is 19.5 Å². The van der Waals surface area contributed by atoms with E-state index >= 15 is 0 Å². The summed E-state index contributed by atoms with van der Waals surface area (Å²) in [5.41, 5.74) is 9.17. The number of pyridine rings is 1. The van der Waals surface area contributed by atoms with Gasteiger partial charge in [-0.1, -0.05) is 26.7 Å². The summed E-state index contributed by atoms with van der Waals surface area (Å²) in [5.74, 6) is 0.848. The Balaban J connectivity index is 2.09. The second-order valence-corrected chi connectivity index (χ2v) is 7.86. The molecule has 0 radical (unpaired) electrons. The molecule has 0 bridgehead atoms. The van der Waals surface area contributed by atoms with Gasteiger partial charge in [-0.25, -0.2) is 4.79 Å². The number of amides is 3. The topological polar surface area (TPSA) is 169 Å². The third-order valence-electron chi connectivity index (χ3n) is 3.07. The van der Waals surface area contributed by atoms with Crippen LogP contribution in [0, 0.1) is 0 Å². The van der Waals surface area contributed by atoms with E-state index < -0.39 is 6.09 Å². The lowest BCUT2D eigenvalue weighted by Gasteiger charge is -2.07. The van der Waals surface area contributed by atoms with Crippen molar-refractivity contribution in [1.29, 1.82) is 0 Å². The summed E-state index contributed by atoms with van der Waals surface area (Å²) in [5, 5.41) is 19.4. The Bertz CT molecular complexity index is 696. The molecule has 0 saturated heterocycles. The molecule has 0 aromatic carbocycles. The third kappa shape index (κ3) is 11.2. The number of rotatable bonds is 13. The van der Waals surface area contributed by atoms with E-state index in [-0.39, 0.29) is 31.3 Å². The highest BCUT2D eigenvalue weighted by Crippen LogP contribution is 2.19. The lowest BCUT2D eigenvalue weighted by atomic mass is 10.2. The second-order valence-electron chi connectivity index (χ2n) is 5.16. The fourth-order valence-electron chi connectivity index (χ4n) is 1.79. The van der Waals surface area contributed by atoms with Crippen molar-refractivity contribution in [2.75, 3.05) is 31.1 Å². The predicted molar refractivity (Wildman–Crippen MR) is 108 cm³/mol. The van der Waals surface area contributed by atoms with E-state index in [0.717, 1.165) is 0 Å². The standard InChI is InChI=1S/C15H21N7O4S2/c16-22-21-10-12-2-1-11(9-20-12)14(24)18-4-3-13(23)17-5-7-27-28-8-6-19-15(25)26/h1-2,9,19H,3-8,10H2,(H,17,23)(H,18,24)(H,25,26). The van der Waals surface area contributed by atoms with Gasteiger partial charge in [-0.15, -0.1) is 0 Å². The number of hydrogen-bond acceptors (Lipinski definition) is 7. The number of hydrogen-bond donors (Lipinski definition) is 4. The van der Waals surface area contributed by atoms with Crippen LogP contribution in [-0.4, -0.2) is 59.1 Å². The molecule has 0 fully saturated rings. The van der Waals surface area contributed by atoms with Crippen LogP contribution in [0.1, 0.15) is 22.5 Å². The van der Waals surface area contributed by atoms with E-state index in [0.29, 0.717) is 35.9 Å². The molecule has 13 heteroatoms. The fourth-order valence-corrected chi connectivity index (χ4v) is 3.60. The van der Waals surface area contributed by atoms with Crippen molar-refractivity contribution in [3.05, 3.63) is 40.0 Å². The lowest BCUT2D eigenvalue weighted by molar-refractivity contribution is -0.120. The minimum atomic E-state index is -1.04. The highest BCUT2D eigenvalue weighted by atomic mass is 33.1. The number of carbonyl (C=O) groups is 3. The van der Waals surface area contributed by atoms with E-state index in [1.165, 1.54) is 17.0 Å². The molecule has 3 amide bonds. The molecule has 0 spiro atoms. The molecule has 1 heterocycles. The van der Waals surface area contributed by atoms with Crippen molar-refractivity contribution in [1.82, 2.24) is 20.9 Å². The summed E-state index contributed by atoms with van der Waals surface area (Å²) in [6, 6.07) is 3.18. The molecule has 4 N–H and O–H groups in total. The molecule has 1 aromatic rings. The zero-order valence-electron chi connectivity index (χ0n) is 15.0. The molecule has 152 valence electrons. The number of azide groups is 1. The maximum absolute atomic E-state index is 12.0. The van der Waals surface area contributed by atoms with Gasteiger partial charge in [0, 0.05) is 54.4 Å². The Morgan fingerprint density at radius 1 is 1.11 bits per heavy atom. The SMILES string of the molecule is [N-]=[N+]=NCc1ccc(C(=O)NCCC(=O)NCCSSCCNC(=O)O)cn1. The molecule has 1 rings (SSSR count). The molecule has 0 aliphatic heterocycles. The maximum atomic E-state index is 12.0. The summed E-state index contributed by atoms with van der Waals surface area (Å²) in [7, 11) is 3.07. The summed E-state index contributed by atoms with van der Waals surface area (Å²) in [4.78, 5) is 40.6. The first-order chi connectivity index (χ1) is 13.5. The number of carboxylic acid groups (broad SMARTS) is 1. The normalized spacial score (nSPS) is 9.86. The first-order valence-corrected chi connectivity index (χ1v) is 10.7. The van der Waals surface area contributed by atoms with E-state index in [9.17, 15) is 14.4 Å². The van der Waals surface area contributed by atoms with Crippen LogP contribution < -0.4 is 16.0 Å². The molecule has 0 aliphatic carbocycles. The van der Waals surface area contributed by atoms with E-state index in [1.807, 2.05) is 0 Å². The summed E-state index contributed by atoms with van der Waals surface area (Å²) < 4.78 is 0. The zero-order chi connectivity index (χ0) is 20.6. The monoisotopic (exact) mass is 427 g/mol. The van der Waals surface area contributed by atoms with Crippen molar-refractivity contribution in [3.8, 4) is 0 Å². The van der Waals surface area contributed by atoms with Crippen molar-refractivity contribution in [2.24, 2.45) is 5.11 Å². The van der Waals surface area contributed by atoms with Crippen LogP contribution in [0.5, 0.6) is 0 Å². The van der Waals surface area contributed by atoms with Crippen LogP contribution in [0.25, 0.3) is 10.4 Å². The average Bonchev–Trinajstić information content (AvgIpc) is 2.68. The van der Waals surface area contributed by atoms with Crippen LogP contribution in [-0.2, 0) is 11.3 Å². The van der Waals surface area contributed by atoms with Crippen LogP contribution in [0.15, 0.2) is 23.4 Å². The van der Waals surface area contributed by atoms with Gasteiger partial charge < -0.3 is 21.1 Å². The molecule has 28 heavy (non-hydrogen) atoms. The average molecular weight is 428 g/mol. The molecule has 0 saturated carbocycles. The van der Waals surface area contributed by atoms with E-state index in [2.05, 4.69) is 31.0 Å². The van der Waals surface area contributed by atoms with Gasteiger partial charge in [0.15, 0.2) is 0 Å². The van der Waals surface area contributed by atoms with Crippen LogP contribution in [0.2, 0.25) is 0 Å². The molecule has 1 aromatic heterocycles. The Labute approximate surface area is 169 Å². The van der Waals surface area contributed by atoms with Gasteiger partial charge in [0.05, 0.1) is 12.1 Å². The molecule has 0 unspecified atom stereocenters. The van der Waals surface area contributed by atoms with Crippen LogP contribution >= 0.6 is 21.6 Å². The number of nitrogens with one attached hydrogen (secondary N) is 3. The van der Waals surface area contributed by atoms with Gasteiger partial charge in [0.1, 0.15) is 0 Å². The van der Waals surface area contributed by atoms with E-state index in [1.54, 1.807) is 22.9 Å². The molecule has 11 nitrogen and oxygen atoms in total. The number of nitrogens with zero attached hydrogens (tertiary/aromatic N) is 4. The smallest absolute Gasteiger partial charge is 0.404 e. The van der Waals surface area contributed by atoms with Crippen LogP contribution in [0.4, 0.5) is 4.79 Å². The second kappa shape index (κ2) is 14.4. The molecule has 0 atom stereocenters. The summed E-state index contributed by atoms with van der Waals surface area (Å²) in [6.45, 7) is 1.20. The largest absolute Gasteiger partial charge is 0.465 e. The van der Waals surface area contributed by atoms with Gasteiger partial charge in [-0.2, -0.15) is 0 Å². The first-order valence-electron chi connectivity index (χ1n) is 8.25. The highest BCUT2D eigenvalue weighted by molar-refractivity contribution is 8.76. The van der Waals surface area contributed by atoms with Gasteiger partial charge in [-0.05, 0) is 17.7 Å². The van der Waals surface area contributed by atoms with Gasteiger partial charge in [0.25, 0.3) is 5.91 Å². The Hall–Kier alpha value is -2.63. The van der Waals surface area contributed by atoms with Gasteiger partial charge >= 0.3 is 6.09 Å². The highest BCUT2D eigenvalue weighted by Gasteiger charge is 2.07. The first kappa shape index (κ1) is 23.4. The Morgan fingerprint density at radius 3 is 2.43 bits per heavy atom. The summed E-state index contributed by atoms with van der Waals surface area (Å²) >= 11 is 0. The minimum Gasteiger partial charge on any atom is -0.465 e. The molecule has 0 aliphatic rings. The zero-order valence-corrected chi connectivity index (χ0v) is 16.6. The van der Waals surface area contributed by atoms with Gasteiger partial charge in [0.2, 0.25) is 5.91 Å². The van der Waals surface area contributed by atoms with Crippen molar-refractivity contribution in [3.63, 3.8) is 0 Å². The van der Waals surface area contributed by atoms with Gasteiger partial charge in [-0.3, -0.25) is 14.6 Å². The minimum absolute atomic E-state index is 0.120. The lowest BCUT2D eigenvalue weighted by Crippen LogP contribution is -2.31. The Morgan fingerprint density at radius 2 is 1.82 bits per heavy atom. The van der Waals surface area contributed by atoms with E-state index in [4.69, 9.17) is 10.6 Å². The maximum Gasteiger partial charge on any atom is 0.404 e. The quantitative estimate of drug-likeness (QED) is 0.122. The van der Waals surface area contributed by atoms with Crippen molar-refractivity contribution in [2.45, 2.75) is 13.0 Å². The summed E-state index contributed by atoms with van der Waals surface area (Å²) in [6.07, 6.45) is 0.510. The van der Waals surface area contributed by atoms with Crippen molar-refractivity contribution >= 4 is 39.5 Å². The molecular formula is C15H21N7O4S2. The fraction of sp³-hybridized carbons (Fsp3) is 0.467. The third-order valence-corrected chi connectivity index (χ3v) is 5.48. The molecular weight excluding hydrogens is 406 g/mol.